The Hall–Kier alpha value is -1.36. The molecule has 0 amide bonds. The molecular formula is C9H13N3O2. The van der Waals surface area contributed by atoms with Gasteiger partial charge in [-0.25, -0.2) is 0 Å². The van der Waals surface area contributed by atoms with Crippen molar-refractivity contribution in [2.24, 2.45) is 0 Å². The fourth-order valence-corrected chi connectivity index (χ4v) is 1.38. The Kier molecular flexibility index (Phi) is 2.49. The third kappa shape index (κ3) is 1.93. The van der Waals surface area contributed by atoms with Crippen LogP contribution in [0.1, 0.15) is 0 Å². The van der Waals surface area contributed by atoms with Crippen LogP contribution in [0.15, 0.2) is 12.4 Å². The Morgan fingerprint density at radius 1 is 1.36 bits per heavy atom. The number of aromatic nitrogens is 2. The van der Waals surface area contributed by atoms with E-state index in [2.05, 4.69) is 21.9 Å². The van der Waals surface area contributed by atoms with E-state index < -0.39 is 0 Å². The van der Waals surface area contributed by atoms with Gasteiger partial charge in [0, 0.05) is 13.1 Å². The van der Waals surface area contributed by atoms with E-state index in [0.29, 0.717) is 11.8 Å². The fraction of sp³-hybridized carbons (Fsp3) is 0.556. The zero-order valence-corrected chi connectivity index (χ0v) is 8.30. The third-order valence-corrected chi connectivity index (χ3v) is 2.12. The van der Waals surface area contributed by atoms with Gasteiger partial charge in [-0.2, -0.15) is 9.97 Å². The van der Waals surface area contributed by atoms with Crippen LogP contribution in [0.2, 0.25) is 0 Å². The average molecular weight is 195 g/mol. The highest BCUT2D eigenvalue weighted by Gasteiger charge is 2.24. The molecule has 1 aliphatic heterocycles. The zero-order chi connectivity index (χ0) is 9.97. The van der Waals surface area contributed by atoms with E-state index in [9.17, 15) is 0 Å². The van der Waals surface area contributed by atoms with E-state index in [4.69, 9.17) is 9.47 Å². The predicted octanol–water partition coefficient (Wildman–Crippen LogP) is 0.178. The number of methoxy groups -OCH3 is 1. The van der Waals surface area contributed by atoms with Crippen molar-refractivity contribution in [2.75, 3.05) is 27.2 Å². The molecule has 0 aromatic carbocycles. The number of likely N-dealkylation sites (N-methyl/N-ethyl adjacent to an activating group) is 1. The first-order valence-corrected chi connectivity index (χ1v) is 4.49. The molecule has 0 N–H and O–H groups in total. The summed E-state index contributed by atoms with van der Waals surface area (Å²) in [6, 6.07) is 0.364. The van der Waals surface area contributed by atoms with Crippen LogP contribution < -0.4 is 9.47 Å². The summed E-state index contributed by atoms with van der Waals surface area (Å²) in [6.07, 6.45) is 3.53. The monoisotopic (exact) mass is 195 g/mol. The smallest absolute Gasteiger partial charge is 0.316 e. The number of hydrogen-bond donors (Lipinski definition) is 0. The van der Waals surface area contributed by atoms with Gasteiger partial charge < -0.3 is 9.47 Å². The molecule has 0 aliphatic carbocycles. The van der Waals surface area contributed by atoms with Gasteiger partial charge in [-0.05, 0) is 7.05 Å². The minimum atomic E-state index is 0.275. The van der Waals surface area contributed by atoms with E-state index in [0.717, 1.165) is 13.1 Å². The Balaban J connectivity index is 1.90. The highest BCUT2D eigenvalue weighted by atomic mass is 16.5. The molecule has 2 rings (SSSR count). The largest absolute Gasteiger partial charge is 0.485 e. The van der Waals surface area contributed by atoms with Crippen molar-refractivity contribution in [3.8, 4) is 11.8 Å². The lowest BCUT2D eigenvalue weighted by atomic mass is 10.2. The topological polar surface area (TPSA) is 47.5 Å². The van der Waals surface area contributed by atoms with Crippen molar-refractivity contribution < 1.29 is 9.47 Å². The van der Waals surface area contributed by atoms with Gasteiger partial charge in [-0.1, -0.05) is 0 Å². The molecule has 2 heterocycles. The summed E-state index contributed by atoms with van der Waals surface area (Å²) in [5, 5.41) is 0. The zero-order valence-electron chi connectivity index (χ0n) is 8.30. The van der Waals surface area contributed by atoms with Gasteiger partial charge in [0.05, 0.1) is 19.5 Å². The molecule has 0 spiro atoms. The molecule has 1 aromatic rings. The molecule has 0 saturated carbocycles. The molecule has 1 aromatic heterocycles. The average Bonchev–Trinajstić information content (AvgIpc) is 2.17. The maximum atomic E-state index is 5.60. The fourth-order valence-electron chi connectivity index (χ4n) is 1.38. The van der Waals surface area contributed by atoms with Crippen LogP contribution in [0.3, 0.4) is 0 Å². The summed E-state index contributed by atoms with van der Waals surface area (Å²) in [5.41, 5.74) is 0. The van der Waals surface area contributed by atoms with Crippen LogP contribution in [0.5, 0.6) is 11.8 Å². The maximum Gasteiger partial charge on any atom is 0.316 e. The highest BCUT2D eigenvalue weighted by Crippen LogP contribution is 2.15. The summed E-state index contributed by atoms with van der Waals surface area (Å²) < 4.78 is 10.4. The van der Waals surface area contributed by atoms with Crippen molar-refractivity contribution in [3.05, 3.63) is 12.4 Å². The molecule has 0 unspecified atom stereocenters. The molecular weight excluding hydrogens is 182 g/mol. The summed E-state index contributed by atoms with van der Waals surface area (Å²) in [7, 11) is 3.60. The SMILES string of the molecule is COc1ncc(OC2CN(C)C2)cn1. The molecule has 14 heavy (non-hydrogen) atoms. The second-order valence-electron chi connectivity index (χ2n) is 3.37. The molecule has 1 fully saturated rings. The quantitative estimate of drug-likeness (QED) is 0.688. The first kappa shape index (κ1) is 9.21. The van der Waals surface area contributed by atoms with Gasteiger partial charge >= 0.3 is 6.01 Å². The Morgan fingerprint density at radius 3 is 2.50 bits per heavy atom. The highest BCUT2D eigenvalue weighted by molar-refractivity contribution is 5.15. The lowest BCUT2D eigenvalue weighted by Gasteiger charge is -2.35. The molecule has 5 heteroatoms. The summed E-state index contributed by atoms with van der Waals surface area (Å²) in [5.74, 6) is 0.698. The minimum Gasteiger partial charge on any atom is -0.485 e. The van der Waals surface area contributed by atoms with E-state index in [1.165, 1.54) is 7.11 Å². The van der Waals surface area contributed by atoms with E-state index in [1.54, 1.807) is 12.4 Å². The predicted molar refractivity (Wildman–Crippen MR) is 50.5 cm³/mol. The molecule has 1 saturated heterocycles. The second-order valence-corrected chi connectivity index (χ2v) is 3.37. The summed E-state index contributed by atoms with van der Waals surface area (Å²) in [6.45, 7) is 1.93. The molecule has 0 radical (unpaired) electrons. The Morgan fingerprint density at radius 2 is 2.00 bits per heavy atom. The number of ether oxygens (including phenoxy) is 2. The van der Waals surface area contributed by atoms with Gasteiger partial charge in [0.1, 0.15) is 6.10 Å². The van der Waals surface area contributed by atoms with Gasteiger partial charge in [-0.15, -0.1) is 0 Å². The Bertz CT molecular complexity index is 295. The Labute approximate surface area is 82.7 Å². The minimum absolute atomic E-state index is 0.275. The van der Waals surface area contributed by atoms with Crippen molar-refractivity contribution in [1.29, 1.82) is 0 Å². The van der Waals surface area contributed by atoms with Crippen molar-refractivity contribution in [3.63, 3.8) is 0 Å². The molecule has 0 bridgehead atoms. The van der Waals surface area contributed by atoms with E-state index in [1.807, 2.05) is 0 Å². The van der Waals surface area contributed by atoms with Crippen molar-refractivity contribution >= 4 is 0 Å². The molecule has 0 atom stereocenters. The van der Waals surface area contributed by atoms with Gasteiger partial charge in [0.2, 0.25) is 0 Å². The first-order valence-electron chi connectivity index (χ1n) is 4.49. The number of likely N-dealkylation sites (tertiary alicyclic amines) is 1. The molecule has 1 aliphatic rings. The normalized spacial score (nSPS) is 17.6. The molecule has 5 nitrogen and oxygen atoms in total. The summed E-state index contributed by atoms with van der Waals surface area (Å²) >= 11 is 0. The lowest BCUT2D eigenvalue weighted by Crippen LogP contribution is -2.51. The van der Waals surface area contributed by atoms with Crippen LogP contribution in [0.25, 0.3) is 0 Å². The summed E-state index contributed by atoms with van der Waals surface area (Å²) in [4.78, 5) is 10.1. The van der Waals surface area contributed by atoms with Gasteiger partial charge in [0.25, 0.3) is 0 Å². The lowest BCUT2D eigenvalue weighted by molar-refractivity contribution is 0.0382. The van der Waals surface area contributed by atoms with Crippen LogP contribution in [-0.2, 0) is 0 Å². The first-order chi connectivity index (χ1) is 6.78. The third-order valence-electron chi connectivity index (χ3n) is 2.12. The number of nitrogens with zero attached hydrogens (tertiary/aromatic N) is 3. The van der Waals surface area contributed by atoms with Gasteiger partial charge in [0.15, 0.2) is 5.75 Å². The van der Waals surface area contributed by atoms with E-state index >= 15 is 0 Å². The maximum absolute atomic E-state index is 5.60. The van der Waals surface area contributed by atoms with Crippen LogP contribution in [0.4, 0.5) is 0 Å². The van der Waals surface area contributed by atoms with Crippen molar-refractivity contribution in [1.82, 2.24) is 14.9 Å². The van der Waals surface area contributed by atoms with Crippen LogP contribution in [-0.4, -0.2) is 48.2 Å². The van der Waals surface area contributed by atoms with Crippen LogP contribution >= 0.6 is 0 Å². The van der Waals surface area contributed by atoms with Gasteiger partial charge in [-0.3, -0.25) is 4.90 Å². The number of hydrogen-bond acceptors (Lipinski definition) is 5. The van der Waals surface area contributed by atoms with E-state index in [-0.39, 0.29) is 6.10 Å². The second kappa shape index (κ2) is 3.79. The van der Waals surface area contributed by atoms with Crippen molar-refractivity contribution in [2.45, 2.75) is 6.10 Å². The number of rotatable bonds is 3. The standard InChI is InChI=1S/C9H13N3O2/c1-12-5-8(6-12)14-7-3-10-9(13-2)11-4-7/h3-4,8H,5-6H2,1-2H3. The van der Waals surface area contributed by atoms with Crippen LogP contribution in [0, 0.1) is 0 Å². The molecule has 76 valence electrons.